The minimum Gasteiger partial charge on any atom is -0.484 e. The summed E-state index contributed by atoms with van der Waals surface area (Å²) in [5, 5.41) is 7.42. The second-order valence-corrected chi connectivity index (χ2v) is 7.99. The van der Waals surface area contributed by atoms with E-state index in [0.29, 0.717) is 41.6 Å². The molecule has 1 fully saturated rings. The third kappa shape index (κ3) is 4.94. The number of nitrogens with zero attached hydrogens (tertiary/aromatic N) is 3. The van der Waals surface area contributed by atoms with Crippen molar-refractivity contribution in [1.82, 2.24) is 20.3 Å². The molecular weight excluding hydrogens is 408 g/mol. The molecule has 2 aromatic rings. The fourth-order valence-corrected chi connectivity index (χ4v) is 3.99. The summed E-state index contributed by atoms with van der Waals surface area (Å²) in [6.45, 7) is 4.25. The lowest BCUT2D eigenvalue weighted by atomic mass is 10.1. The molecule has 1 aromatic carbocycles. The quantitative estimate of drug-likeness (QED) is 0.721. The molecule has 2 aliphatic rings. The second kappa shape index (κ2) is 9.49. The van der Waals surface area contributed by atoms with Crippen LogP contribution in [0.5, 0.6) is 5.75 Å². The molecule has 2 aliphatic heterocycles. The van der Waals surface area contributed by atoms with Crippen LogP contribution < -0.4 is 10.1 Å². The van der Waals surface area contributed by atoms with Crippen LogP contribution in [0.3, 0.4) is 0 Å². The summed E-state index contributed by atoms with van der Waals surface area (Å²) >= 11 is 5.94. The largest absolute Gasteiger partial charge is 0.484 e. The van der Waals surface area contributed by atoms with Crippen LogP contribution in [0.15, 0.2) is 28.8 Å². The molecule has 3 heterocycles. The van der Waals surface area contributed by atoms with E-state index in [-0.39, 0.29) is 30.7 Å². The zero-order chi connectivity index (χ0) is 20.9. The second-order valence-electron chi connectivity index (χ2n) is 7.55. The summed E-state index contributed by atoms with van der Waals surface area (Å²) in [6.07, 6.45) is 2.96. The number of aromatic nitrogens is 1. The molecule has 1 saturated heterocycles. The van der Waals surface area contributed by atoms with Crippen molar-refractivity contribution in [2.45, 2.75) is 25.8 Å². The van der Waals surface area contributed by atoms with Gasteiger partial charge in [0, 0.05) is 36.6 Å². The lowest BCUT2D eigenvalue weighted by Gasteiger charge is -2.26. The van der Waals surface area contributed by atoms with Crippen molar-refractivity contribution in [1.29, 1.82) is 0 Å². The minimum absolute atomic E-state index is 0.0989. The first-order valence-corrected chi connectivity index (χ1v) is 10.6. The Bertz CT molecular complexity index is 910. The van der Waals surface area contributed by atoms with Crippen molar-refractivity contribution in [2.75, 3.05) is 39.3 Å². The summed E-state index contributed by atoms with van der Waals surface area (Å²) < 4.78 is 10.9. The molecule has 30 heavy (non-hydrogen) atoms. The van der Waals surface area contributed by atoms with E-state index in [9.17, 15) is 9.59 Å². The molecule has 4 rings (SSSR count). The van der Waals surface area contributed by atoms with Gasteiger partial charge in [-0.2, -0.15) is 0 Å². The van der Waals surface area contributed by atoms with Crippen LogP contribution in [0.2, 0.25) is 5.02 Å². The van der Waals surface area contributed by atoms with Crippen LogP contribution in [0.4, 0.5) is 0 Å². The van der Waals surface area contributed by atoms with E-state index < -0.39 is 0 Å². The zero-order valence-corrected chi connectivity index (χ0v) is 17.5. The van der Waals surface area contributed by atoms with Gasteiger partial charge in [-0.05, 0) is 44.1 Å². The number of nitrogens with one attached hydrogen (secondary N) is 1. The molecule has 1 N–H and O–H groups in total. The molecule has 0 saturated carbocycles. The van der Waals surface area contributed by atoms with Gasteiger partial charge in [-0.25, -0.2) is 0 Å². The summed E-state index contributed by atoms with van der Waals surface area (Å²) in [5.74, 6) is 0.780. The van der Waals surface area contributed by atoms with Gasteiger partial charge in [-0.1, -0.05) is 22.8 Å². The number of rotatable bonds is 7. The number of halogens is 1. The Labute approximate surface area is 180 Å². The number of hydrogen-bond acceptors (Lipinski definition) is 6. The predicted octanol–water partition coefficient (Wildman–Crippen LogP) is 2.12. The van der Waals surface area contributed by atoms with E-state index in [4.69, 9.17) is 20.9 Å². The number of amides is 2. The zero-order valence-electron chi connectivity index (χ0n) is 16.7. The first-order chi connectivity index (χ1) is 14.6. The van der Waals surface area contributed by atoms with Crippen molar-refractivity contribution in [3.05, 3.63) is 46.3 Å². The maximum Gasteiger partial charge on any atom is 0.273 e. The third-order valence-corrected chi connectivity index (χ3v) is 5.70. The van der Waals surface area contributed by atoms with Crippen molar-refractivity contribution in [3.63, 3.8) is 0 Å². The first kappa shape index (κ1) is 20.7. The predicted molar refractivity (Wildman–Crippen MR) is 111 cm³/mol. The fourth-order valence-electron chi connectivity index (χ4n) is 3.81. The monoisotopic (exact) mass is 432 g/mol. The van der Waals surface area contributed by atoms with Crippen molar-refractivity contribution in [3.8, 4) is 5.75 Å². The van der Waals surface area contributed by atoms with Crippen molar-refractivity contribution < 1.29 is 18.8 Å². The number of benzene rings is 1. The maximum absolute atomic E-state index is 12.6. The number of likely N-dealkylation sites (tertiary alicyclic amines) is 1. The summed E-state index contributed by atoms with van der Waals surface area (Å²) in [4.78, 5) is 29.2. The maximum atomic E-state index is 12.6. The van der Waals surface area contributed by atoms with Crippen LogP contribution in [0, 0.1) is 0 Å². The Morgan fingerprint density at radius 3 is 2.87 bits per heavy atom. The number of carbonyl (C=O) groups excluding carboxylic acids is 2. The highest BCUT2D eigenvalue weighted by Gasteiger charge is 2.29. The van der Waals surface area contributed by atoms with E-state index in [1.54, 1.807) is 29.2 Å². The highest BCUT2D eigenvalue weighted by atomic mass is 35.5. The van der Waals surface area contributed by atoms with Gasteiger partial charge in [0.25, 0.3) is 11.8 Å². The van der Waals surface area contributed by atoms with Crippen LogP contribution in [0.25, 0.3) is 0 Å². The SMILES string of the molecule is O=C(NCCN1CCCC1)c1noc2c1CN(C(=O)COc1cccc(Cl)c1)CC2. The van der Waals surface area contributed by atoms with E-state index in [1.807, 2.05) is 0 Å². The van der Waals surface area contributed by atoms with E-state index in [0.717, 1.165) is 19.6 Å². The fraction of sp³-hybridized carbons (Fsp3) is 0.476. The molecule has 0 aliphatic carbocycles. The lowest BCUT2D eigenvalue weighted by Crippen LogP contribution is -2.39. The average Bonchev–Trinajstić information content (AvgIpc) is 3.41. The number of fused-ring (bicyclic) bond motifs is 1. The van der Waals surface area contributed by atoms with Crippen LogP contribution in [-0.4, -0.2) is 66.1 Å². The van der Waals surface area contributed by atoms with Gasteiger partial charge in [0.1, 0.15) is 11.5 Å². The number of carbonyl (C=O) groups is 2. The normalized spacial score (nSPS) is 16.4. The highest BCUT2D eigenvalue weighted by Crippen LogP contribution is 2.23. The Hall–Kier alpha value is -2.58. The van der Waals surface area contributed by atoms with E-state index in [2.05, 4.69) is 15.4 Å². The Morgan fingerprint density at radius 1 is 1.23 bits per heavy atom. The van der Waals surface area contributed by atoms with Gasteiger partial charge in [-0.15, -0.1) is 0 Å². The molecular formula is C21H25ClN4O4. The number of ether oxygens (including phenoxy) is 1. The summed E-state index contributed by atoms with van der Waals surface area (Å²) in [7, 11) is 0. The molecule has 2 amide bonds. The van der Waals surface area contributed by atoms with E-state index in [1.165, 1.54) is 12.8 Å². The van der Waals surface area contributed by atoms with Gasteiger partial charge < -0.3 is 24.4 Å². The number of hydrogen-bond donors (Lipinski definition) is 1. The Morgan fingerprint density at radius 2 is 2.07 bits per heavy atom. The Kier molecular flexibility index (Phi) is 6.54. The smallest absolute Gasteiger partial charge is 0.273 e. The van der Waals surface area contributed by atoms with E-state index >= 15 is 0 Å². The molecule has 160 valence electrons. The van der Waals surface area contributed by atoms with Gasteiger partial charge in [-0.3, -0.25) is 9.59 Å². The van der Waals surface area contributed by atoms with Crippen molar-refractivity contribution in [2.24, 2.45) is 0 Å². The highest BCUT2D eigenvalue weighted by molar-refractivity contribution is 6.30. The van der Waals surface area contributed by atoms with Crippen LogP contribution in [0.1, 0.15) is 34.7 Å². The molecule has 9 heteroatoms. The molecule has 0 unspecified atom stereocenters. The summed E-state index contributed by atoms with van der Waals surface area (Å²) in [5.41, 5.74) is 0.940. The van der Waals surface area contributed by atoms with Crippen LogP contribution >= 0.6 is 11.6 Å². The standard InChI is InChI=1S/C21H25ClN4O4/c22-15-4-3-5-16(12-15)29-14-19(27)26-10-6-18-17(13-26)20(24-30-18)21(28)23-7-11-25-8-1-2-9-25/h3-5,12H,1-2,6-11,13-14H2,(H,23,28). The molecule has 1 aromatic heterocycles. The Balaban J connectivity index is 1.31. The topological polar surface area (TPSA) is 87.9 Å². The third-order valence-electron chi connectivity index (χ3n) is 5.47. The van der Waals surface area contributed by atoms with Gasteiger partial charge >= 0.3 is 0 Å². The van der Waals surface area contributed by atoms with Gasteiger partial charge in [0.05, 0.1) is 6.54 Å². The molecule has 0 bridgehead atoms. The minimum atomic E-state index is -0.260. The van der Waals surface area contributed by atoms with Gasteiger partial charge in [0.2, 0.25) is 0 Å². The lowest BCUT2D eigenvalue weighted by molar-refractivity contribution is -0.134. The average molecular weight is 433 g/mol. The molecule has 0 atom stereocenters. The van der Waals surface area contributed by atoms with Crippen LogP contribution in [-0.2, 0) is 17.8 Å². The first-order valence-electron chi connectivity index (χ1n) is 10.2. The van der Waals surface area contributed by atoms with Crippen molar-refractivity contribution >= 4 is 23.4 Å². The summed E-state index contributed by atoms with van der Waals surface area (Å²) in [6, 6.07) is 6.92. The molecule has 0 radical (unpaired) electrons. The molecule has 0 spiro atoms. The van der Waals surface area contributed by atoms with Gasteiger partial charge in [0.15, 0.2) is 12.3 Å². The molecule has 8 nitrogen and oxygen atoms in total.